The Kier molecular flexibility index (Phi) is 5.74. The molecule has 2 N–H and O–H groups in total. The molecule has 27 heavy (non-hydrogen) atoms. The molecule has 0 saturated carbocycles. The summed E-state index contributed by atoms with van der Waals surface area (Å²) in [5.74, 6) is -0.933. The number of rotatable bonds is 5. The molecule has 2 aromatic rings. The SMILES string of the molecule is COc1ccc(NC(=O)C2(Cc3ccccc3)CCCCC(=O)N2)cc1F. The molecule has 0 radical (unpaired) electrons. The largest absolute Gasteiger partial charge is 0.494 e. The number of ether oxygens (including phenoxy) is 1. The first kappa shape index (κ1) is 18.9. The van der Waals surface area contributed by atoms with Crippen LogP contribution in [0.15, 0.2) is 48.5 Å². The number of carbonyl (C=O) groups is 2. The maximum absolute atomic E-state index is 14.0. The van der Waals surface area contributed by atoms with Gasteiger partial charge in [0.1, 0.15) is 5.54 Å². The Morgan fingerprint density at radius 1 is 1.22 bits per heavy atom. The van der Waals surface area contributed by atoms with Crippen molar-refractivity contribution in [2.75, 3.05) is 12.4 Å². The van der Waals surface area contributed by atoms with E-state index < -0.39 is 11.4 Å². The minimum Gasteiger partial charge on any atom is -0.494 e. The van der Waals surface area contributed by atoms with Gasteiger partial charge in [0.05, 0.1) is 7.11 Å². The molecule has 1 fully saturated rings. The van der Waals surface area contributed by atoms with Gasteiger partial charge in [0.2, 0.25) is 11.8 Å². The Morgan fingerprint density at radius 2 is 2.00 bits per heavy atom. The Balaban J connectivity index is 1.88. The van der Waals surface area contributed by atoms with Crippen LogP contribution < -0.4 is 15.4 Å². The highest BCUT2D eigenvalue weighted by molar-refractivity contribution is 6.01. The van der Waals surface area contributed by atoms with E-state index >= 15 is 0 Å². The van der Waals surface area contributed by atoms with Crippen molar-refractivity contribution in [2.45, 2.75) is 37.6 Å². The van der Waals surface area contributed by atoms with E-state index in [1.165, 1.54) is 19.2 Å². The molecule has 1 aliphatic heterocycles. The van der Waals surface area contributed by atoms with Crippen molar-refractivity contribution in [3.8, 4) is 5.75 Å². The van der Waals surface area contributed by atoms with Gasteiger partial charge < -0.3 is 15.4 Å². The lowest BCUT2D eigenvalue weighted by molar-refractivity contribution is -0.130. The van der Waals surface area contributed by atoms with Crippen LogP contribution in [0, 0.1) is 5.82 Å². The average Bonchev–Trinajstić information content (AvgIpc) is 2.85. The second kappa shape index (κ2) is 8.20. The monoisotopic (exact) mass is 370 g/mol. The van der Waals surface area contributed by atoms with E-state index in [4.69, 9.17) is 4.74 Å². The first-order chi connectivity index (χ1) is 13.0. The summed E-state index contributed by atoms with van der Waals surface area (Å²) < 4.78 is 18.9. The first-order valence-corrected chi connectivity index (χ1v) is 9.02. The van der Waals surface area contributed by atoms with Gasteiger partial charge >= 0.3 is 0 Å². The number of carbonyl (C=O) groups excluding carboxylic acids is 2. The molecule has 1 heterocycles. The van der Waals surface area contributed by atoms with Crippen LogP contribution >= 0.6 is 0 Å². The van der Waals surface area contributed by atoms with Crippen LogP contribution in [0.5, 0.6) is 5.75 Å². The molecule has 0 spiro atoms. The highest BCUT2D eigenvalue weighted by Crippen LogP contribution is 2.27. The number of hydrogen-bond acceptors (Lipinski definition) is 3. The van der Waals surface area contributed by atoms with Crippen molar-refractivity contribution in [1.82, 2.24) is 5.32 Å². The third-order valence-corrected chi connectivity index (χ3v) is 4.83. The molecular weight excluding hydrogens is 347 g/mol. The van der Waals surface area contributed by atoms with Crippen LogP contribution in [-0.4, -0.2) is 24.5 Å². The minimum absolute atomic E-state index is 0.106. The molecule has 1 saturated heterocycles. The summed E-state index contributed by atoms with van der Waals surface area (Å²) in [6.07, 6.45) is 2.81. The van der Waals surface area contributed by atoms with Crippen LogP contribution in [-0.2, 0) is 16.0 Å². The van der Waals surface area contributed by atoms with Crippen molar-refractivity contribution in [3.05, 3.63) is 59.9 Å². The van der Waals surface area contributed by atoms with E-state index in [1.807, 2.05) is 30.3 Å². The second-order valence-corrected chi connectivity index (χ2v) is 6.80. The van der Waals surface area contributed by atoms with Crippen molar-refractivity contribution >= 4 is 17.5 Å². The Bertz CT molecular complexity index is 825. The number of halogens is 1. The number of hydrogen-bond donors (Lipinski definition) is 2. The summed E-state index contributed by atoms with van der Waals surface area (Å²) >= 11 is 0. The van der Waals surface area contributed by atoms with Crippen molar-refractivity contribution in [3.63, 3.8) is 0 Å². The van der Waals surface area contributed by atoms with Crippen LogP contribution in [0.1, 0.15) is 31.2 Å². The lowest BCUT2D eigenvalue weighted by atomic mass is 9.85. The van der Waals surface area contributed by atoms with Crippen LogP contribution in [0.25, 0.3) is 0 Å². The van der Waals surface area contributed by atoms with Gasteiger partial charge in [0, 0.05) is 24.6 Å². The molecule has 5 nitrogen and oxygen atoms in total. The van der Waals surface area contributed by atoms with Crippen LogP contribution in [0.2, 0.25) is 0 Å². The second-order valence-electron chi connectivity index (χ2n) is 6.80. The summed E-state index contributed by atoms with van der Waals surface area (Å²) in [4.78, 5) is 25.4. The van der Waals surface area contributed by atoms with E-state index in [0.717, 1.165) is 18.4 Å². The standard InChI is InChI=1S/C21H23FN2O3/c1-27-18-11-10-16(13-17(18)22)23-20(26)21(12-6-5-9-19(25)24-21)14-15-7-3-2-4-8-15/h2-4,7-8,10-11,13H,5-6,9,12,14H2,1H3,(H,23,26)(H,24,25). The van der Waals surface area contributed by atoms with Gasteiger partial charge in [-0.05, 0) is 30.5 Å². The summed E-state index contributed by atoms with van der Waals surface area (Å²) in [5, 5.41) is 5.69. The molecule has 1 aliphatic rings. The average molecular weight is 370 g/mol. The molecule has 0 aliphatic carbocycles. The summed E-state index contributed by atoms with van der Waals surface area (Å²) in [7, 11) is 1.38. The lowest BCUT2D eigenvalue weighted by Gasteiger charge is -2.32. The van der Waals surface area contributed by atoms with Crippen LogP contribution in [0.3, 0.4) is 0 Å². The van der Waals surface area contributed by atoms with Crippen LogP contribution in [0.4, 0.5) is 10.1 Å². The lowest BCUT2D eigenvalue weighted by Crippen LogP contribution is -2.57. The fourth-order valence-corrected chi connectivity index (χ4v) is 3.43. The normalized spacial score (nSPS) is 19.7. The molecule has 142 valence electrons. The molecule has 0 aromatic heterocycles. The van der Waals surface area contributed by atoms with Gasteiger partial charge in [-0.1, -0.05) is 36.8 Å². The van der Waals surface area contributed by atoms with E-state index in [0.29, 0.717) is 24.9 Å². The molecular formula is C21H23FN2O3. The molecule has 3 rings (SSSR count). The third-order valence-electron chi connectivity index (χ3n) is 4.83. The van der Waals surface area contributed by atoms with Gasteiger partial charge in [-0.15, -0.1) is 0 Å². The van der Waals surface area contributed by atoms with Gasteiger partial charge in [0.25, 0.3) is 0 Å². The fourth-order valence-electron chi connectivity index (χ4n) is 3.43. The number of benzene rings is 2. The predicted molar refractivity (Wildman–Crippen MR) is 101 cm³/mol. The maximum atomic E-state index is 14.0. The number of amides is 2. The summed E-state index contributed by atoms with van der Waals surface area (Å²) in [5.41, 5.74) is 0.214. The van der Waals surface area contributed by atoms with E-state index in [-0.39, 0.29) is 17.6 Å². The highest BCUT2D eigenvalue weighted by Gasteiger charge is 2.41. The maximum Gasteiger partial charge on any atom is 0.250 e. The third kappa shape index (κ3) is 4.45. The molecule has 2 aromatic carbocycles. The van der Waals surface area contributed by atoms with Gasteiger partial charge in [0.15, 0.2) is 11.6 Å². The quantitative estimate of drug-likeness (QED) is 0.847. The molecule has 1 atom stereocenters. The highest BCUT2D eigenvalue weighted by atomic mass is 19.1. The molecule has 1 unspecified atom stereocenters. The zero-order valence-electron chi connectivity index (χ0n) is 15.3. The zero-order valence-corrected chi connectivity index (χ0v) is 15.3. The fraction of sp³-hybridized carbons (Fsp3) is 0.333. The Hall–Kier alpha value is -2.89. The van der Waals surface area contributed by atoms with E-state index in [2.05, 4.69) is 10.6 Å². The van der Waals surface area contributed by atoms with E-state index in [1.54, 1.807) is 6.07 Å². The van der Waals surface area contributed by atoms with Crippen molar-refractivity contribution in [1.29, 1.82) is 0 Å². The first-order valence-electron chi connectivity index (χ1n) is 9.02. The Labute approximate surface area is 157 Å². The minimum atomic E-state index is -1.06. The molecule has 0 bridgehead atoms. The molecule has 2 amide bonds. The van der Waals surface area contributed by atoms with E-state index in [9.17, 15) is 14.0 Å². The predicted octanol–water partition coefficient (Wildman–Crippen LogP) is 3.44. The Morgan fingerprint density at radius 3 is 2.70 bits per heavy atom. The summed E-state index contributed by atoms with van der Waals surface area (Å²) in [6, 6.07) is 13.8. The van der Waals surface area contributed by atoms with Gasteiger partial charge in [-0.25, -0.2) is 4.39 Å². The van der Waals surface area contributed by atoms with Crippen molar-refractivity contribution < 1.29 is 18.7 Å². The zero-order chi connectivity index (χ0) is 19.3. The number of anilines is 1. The summed E-state index contributed by atoms with van der Waals surface area (Å²) in [6.45, 7) is 0. The number of methoxy groups -OCH3 is 1. The molecule has 6 heteroatoms. The number of nitrogens with one attached hydrogen (secondary N) is 2. The topological polar surface area (TPSA) is 67.4 Å². The van der Waals surface area contributed by atoms with Gasteiger partial charge in [-0.2, -0.15) is 0 Å². The van der Waals surface area contributed by atoms with Gasteiger partial charge in [-0.3, -0.25) is 9.59 Å². The smallest absolute Gasteiger partial charge is 0.250 e. The van der Waals surface area contributed by atoms with Crippen molar-refractivity contribution in [2.24, 2.45) is 0 Å².